The molecule has 0 radical (unpaired) electrons. The van der Waals surface area contributed by atoms with Gasteiger partial charge in [0.05, 0.1) is 21.5 Å². The molecule has 1 aromatic carbocycles. The van der Waals surface area contributed by atoms with E-state index >= 15 is 0 Å². The Morgan fingerprint density at radius 2 is 2.05 bits per heavy atom. The van der Waals surface area contributed by atoms with Crippen molar-refractivity contribution in [3.05, 3.63) is 45.0 Å². The van der Waals surface area contributed by atoms with Gasteiger partial charge in [0.15, 0.2) is 0 Å². The lowest BCUT2D eigenvalue weighted by Crippen LogP contribution is -2.15. The molecule has 110 valence electrons. The zero-order chi connectivity index (χ0) is 15.4. The van der Waals surface area contributed by atoms with Gasteiger partial charge >= 0.3 is 0 Å². The average Bonchev–Trinajstić information content (AvgIpc) is 2.42. The zero-order valence-electron chi connectivity index (χ0n) is 10.6. The van der Waals surface area contributed by atoms with E-state index in [2.05, 4.69) is 26.2 Å². The molecule has 2 rings (SSSR count). The lowest BCUT2D eigenvalue weighted by atomic mass is 10.3. The van der Waals surface area contributed by atoms with Gasteiger partial charge in [-0.3, -0.25) is 4.79 Å². The summed E-state index contributed by atoms with van der Waals surface area (Å²) in [7, 11) is 0. The molecule has 0 aliphatic heterocycles. The Morgan fingerprint density at radius 1 is 1.38 bits per heavy atom. The third-order valence-electron chi connectivity index (χ3n) is 2.39. The van der Waals surface area contributed by atoms with E-state index in [1.54, 1.807) is 6.20 Å². The van der Waals surface area contributed by atoms with Crippen LogP contribution in [0.2, 0.25) is 10.0 Å². The highest BCUT2D eigenvalue weighted by molar-refractivity contribution is 9.10. The van der Waals surface area contributed by atoms with E-state index in [4.69, 9.17) is 28.9 Å². The fourth-order valence-corrected chi connectivity index (χ4v) is 3.38. The predicted molar refractivity (Wildman–Crippen MR) is 92.2 cm³/mol. The lowest BCUT2D eigenvalue weighted by Gasteiger charge is -2.10. The molecule has 0 unspecified atom stereocenters. The quantitative estimate of drug-likeness (QED) is 0.580. The minimum atomic E-state index is -0.230. The van der Waals surface area contributed by atoms with Crippen LogP contribution in [0.5, 0.6) is 0 Å². The summed E-state index contributed by atoms with van der Waals surface area (Å²) in [5, 5.41) is 4.02. The molecule has 0 spiro atoms. The van der Waals surface area contributed by atoms with Crippen LogP contribution in [0.4, 0.5) is 11.4 Å². The van der Waals surface area contributed by atoms with Crippen molar-refractivity contribution in [1.82, 2.24) is 4.98 Å². The number of rotatable bonds is 4. The van der Waals surface area contributed by atoms with Crippen molar-refractivity contribution in [2.24, 2.45) is 0 Å². The summed E-state index contributed by atoms with van der Waals surface area (Å²) in [5.74, 6) is -0.0433. The molecule has 1 amide bonds. The highest BCUT2D eigenvalue weighted by Gasteiger charge is 2.12. The third kappa shape index (κ3) is 4.51. The van der Waals surface area contributed by atoms with Crippen molar-refractivity contribution in [3.63, 3.8) is 0 Å². The first-order valence-corrected chi connectivity index (χ1v) is 8.28. The second-order valence-electron chi connectivity index (χ2n) is 3.99. The van der Waals surface area contributed by atoms with Crippen LogP contribution in [0.25, 0.3) is 0 Å². The number of halogens is 3. The minimum absolute atomic E-state index is 0.187. The van der Waals surface area contributed by atoms with Gasteiger partial charge in [0.25, 0.3) is 0 Å². The Bertz CT molecular complexity index is 661. The van der Waals surface area contributed by atoms with E-state index in [1.165, 1.54) is 23.9 Å². The molecule has 0 aliphatic rings. The van der Waals surface area contributed by atoms with Crippen LogP contribution in [0.15, 0.2) is 40.0 Å². The van der Waals surface area contributed by atoms with Crippen molar-refractivity contribution in [3.8, 4) is 0 Å². The molecule has 2 aromatic rings. The molecule has 0 saturated heterocycles. The van der Waals surface area contributed by atoms with Gasteiger partial charge in [-0.25, -0.2) is 4.98 Å². The van der Waals surface area contributed by atoms with Crippen molar-refractivity contribution < 1.29 is 4.79 Å². The number of nitrogens with zero attached hydrogens (tertiary/aromatic N) is 1. The number of benzene rings is 1. The first-order valence-electron chi connectivity index (χ1n) is 5.75. The number of nitrogens with one attached hydrogen (secondary N) is 1. The van der Waals surface area contributed by atoms with E-state index in [9.17, 15) is 4.79 Å². The number of carbonyl (C=O) groups is 1. The number of aromatic nitrogens is 1. The summed E-state index contributed by atoms with van der Waals surface area (Å²) in [6.45, 7) is 0. The van der Waals surface area contributed by atoms with Gasteiger partial charge in [0.2, 0.25) is 5.91 Å². The van der Waals surface area contributed by atoms with E-state index in [0.717, 1.165) is 9.50 Å². The maximum atomic E-state index is 12.0. The summed E-state index contributed by atoms with van der Waals surface area (Å²) in [6.07, 6.45) is 1.67. The Morgan fingerprint density at radius 3 is 2.67 bits per heavy atom. The largest absolute Gasteiger partial charge is 0.399 e. The number of carbonyl (C=O) groups excluding carboxylic acids is 1. The van der Waals surface area contributed by atoms with E-state index in [1.807, 2.05) is 12.1 Å². The molecule has 21 heavy (non-hydrogen) atoms. The monoisotopic (exact) mass is 405 g/mol. The van der Waals surface area contributed by atoms with Gasteiger partial charge in [-0.15, -0.1) is 0 Å². The molecule has 1 heterocycles. The molecule has 1 aromatic heterocycles. The fraction of sp³-hybridized carbons (Fsp3) is 0.0769. The Kier molecular flexibility index (Phi) is 5.75. The Hall–Kier alpha value is -0.950. The average molecular weight is 407 g/mol. The summed E-state index contributed by atoms with van der Waals surface area (Å²) in [5.41, 5.74) is 6.41. The molecule has 0 atom stereocenters. The van der Waals surface area contributed by atoms with Gasteiger partial charge in [-0.1, -0.05) is 35.0 Å². The normalized spacial score (nSPS) is 10.4. The van der Waals surface area contributed by atoms with Crippen LogP contribution in [0.1, 0.15) is 0 Å². The molecule has 3 N–H and O–H groups in total. The van der Waals surface area contributed by atoms with E-state index in [-0.39, 0.29) is 11.7 Å². The molecular formula is C13H10BrCl2N3OS. The Labute approximate surface area is 144 Å². The SMILES string of the molecule is Nc1cc(Cl)c(NC(=O)CSc2ncccc2Br)c(Cl)c1. The van der Waals surface area contributed by atoms with Crippen molar-refractivity contribution >= 4 is 68.2 Å². The topological polar surface area (TPSA) is 68.0 Å². The van der Waals surface area contributed by atoms with Crippen molar-refractivity contribution in [2.45, 2.75) is 5.03 Å². The van der Waals surface area contributed by atoms with Gasteiger partial charge in [0.1, 0.15) is 5.03 Å². The fourth-order valence-electron chi connectivity index (χ4n) is 1.50. The molecule has 0 bridgehead atoms. The van der Waals surface area contributed by atoms with E-state index in [0.29, 0.717) is 21.4 Å². The number of nitrogen functional groups attached to an aromatic ring is 1. The number of anilines is 2. The van der Waals surface area contributed by atoms with Crippen molar-refractivity contribution in [2.75, 3.05) is 16.8 Å². The van der Waals surface area contributed by atoms with Crippen LogP contribution < -0.4 is 11.1 Å². The van der Waals surface area contributed by atoms with Crippen LogP contribution >= 0.6 is 50.9 Å². The lowest BCUT2D eigenvalue weighted by molar-refractivity contribution is -0.113. The van der Waals surface area contributed by atoms with Crippen molar-refractivity contribution in [1.29, 1.82) is 0 Å². The second kappa shape index (κ2) is 7.35. The summed E-state index contributed by atoms with van der Waals surface area (Å²) in [6, 6.07) is 6.74. The van der Waals surface area contributed by atoms with Crippen LogP contribution in [-0.4, -0.2) is 16.6 Å². The highest BCUT2D eigenvalue weighted by atomic mass is 79.9. The standard InChI is InChI=1S/C13H10BrCl2N3OS/c14-8-2-1-3-18-13(8)21-6-11(20)19-12-9(15)4-7(17)5-10(12)16/h1-5H,6,17H2,(H,19,20). The maximum Gasteiger partial charge on any atom is 0.234 e. The molecule has 0 fully saturated rings. The van der Waals surface area contributed by atoms with Crippen LogP contribution in [0, 0.1) is 0 Å². The smallest absolute Gasteiger partial charge is 0.234 e. The van der Waals surface area contributed by atoms with Gasteiger partial charge < -0.3 is 11.1 Å². The predicted octanol–water partition coefficient (Wildman–Crippen LogP) is 4.46. The maximum absolute atomic E-state index is 12.0. The first-order chi connectivity index (χ1) is 9.97. The molecular weight excluding hydrogens is 397 g/mol. The van der Waals surface area contributed by atoms with Gasteiger partial charge in [0, 0.05) is 16.4 Å². The Balaban J connectivity index is 2.01. The van der Waals surface area contributed by atoms with Crippen LogP contribution in [-0.2, 0) is 4.79 Å². The molecule has 4 nitrogen and oxygen atoms in total. The number of hydrogen-bond donors (Lipinski definition) is 2. The number of amides is 1. The van der Waals surface area contributed by atoms with Gasteiger partial charge in [-0.2, -0.15) is 0 Å². The number of hydrogen-bond acceptors (Lipinski definition) is 4. The second-order valence-corrected chi connectivity index (χ2v) is 6.62. The summed E-state index contributed by atoms with van der Waals surface area (Å²) < 4.78 is 0.839. The highest BCUT2D eigenvalue weighted by Crippen LogP contribution is 2.33. The summed E-state index contributed by atoms with van der Waals surface area (Å²) in [4.78, 5) is 16.1. The van der Waals surface area contributed by atoms with Crippen LogP contribution in [0.3, 0.4) is 0 Å². The summed E-state index contributed by atoms with van der Waals surface area (Å²) >= 11 is 16.7. The van der Waals surface area contributed by atoms with E-state index < -0.39 is 0 Å². The minimum Gasteiger partial charge on any atom is -0.399 e. The first kappa shape index (κ1) is 16.4. The molecule has 0 saturated carbocycles. The number of pyridine rings is 1. The molecule has 8 heteroatoms. The molecule has 0 aliphatic carbocycles. The van der Waals surface area contributed by atoms with Gasteiger partial charge in [-0.05, 0) is 40.2 Å². The third-order valence-corrected chi connectivity index (χ3v) is 4.90. The number of thioether (sulfide) groups is 1. The number of nitrogens with two attached hydrogens (primary N) is 1. The zero-order valence-corrected chi connectivity index (χ0v) is 14.5.